The molecule has 0 bridgehead atoms. The van der Waals surface area contributed by atoms with Gasteiger partial charge in [-0.2, -0.15) is 5.26 Å². The van der Waals surface area contributed by atoms with E-state index in [9.17, 15) is 0 Å². The third-order valence-corrected chi connectivity index (χ3v) is 3.26. The fraction of sp³-hybridized carbons (Fsp3) is 0.278. The Morgan fingerprint density at radius 3 is 2.38 bits per heavy atom. The minimum Gasteiger partial charge on any atom is -0.492 e. The summed E-state index contributed by atoms with van der Waals surface area (Å²) >= 11 is 0. The summed E-state index contributed by atoms with van der Waals surface area (Å²) in [6.45, 7) is 5.55. The van der Waals surface area contributed by atoms with Gasteiger partial charge in [-0.3, -0.25) is 0 Å². The van der Waals surface area contributed by atoms with E-state index < -0.39 is 0 Å². The zero-order valence-corrected chi connectivity index (χ0v) is 12.5. The summed E-state index contributed by atoms with van der Waals surface area (Å²) in [5.74, 6) is 0.896. The molecule has 21 heavy (non-hydrogen) atoms. The molecule has 1 atom stereocenters. The number of hydrogen-bond acceptors (Lipinski definition) is 3. The molecule has 0 spiro atoms. The summed E-state index contributed by atoms with van der Waals surface area (Å²) in [5, 5.41) is 12.2. The highest BCUT2D eigenvalue weighted by atomic mass is 16.5. The predicted octanol–water partition coefficient (Wildman–Crippen LogP) is 3.42. The first kappa shape index (κ1) is 15.1. The molecule has 0 fully saturated rings. The first-order valence-electron chi connectivity index (χ1n) is 7.09. The summed E-state index contributed by atoms with van der Waals surface area (Å²) in [7, 11) is 0. The van der Waals surface area contributed by atoms with Crippen molar-refractivity contribution in [2.75, 3.05) is 6.61 Å². The van der Waals surface area contributed by atoms with Gasteiger partial charge in [-0.25, -0.2) is 0 Å². The lowest BCUT2D eigenvalue weighted by Gasteiger charge is -2.15. The van der Waals surface area contributed by atoms with Gasteiger partial charge in [0.1, 0.15) is 12.4 Å². The molecule has 0 heterocycles. The normalized spacial score (nSPS) is 11.7. The van der Waals surface area contributed by atoms with Gasteiger partial charge in [-0.1, -0.05) is 29.8 Å². The van der Waals surface area contributed by atoms with Gasteiger partial charge in [0.15, 0.2) is 0 Å². The molecule has 0 radical (unpaired) electrons. The largest absolute Gasteiger partial charge is 0.492 e. The van der Waals surface area contributed by atoms with Crippen LogP contribution in [0, 0.1) is 18.3 Å². The monoisotopic (exact) mass is 280 g/mol. The van der Waals surface area contributed by atoms with Crippen molar-refractivity contribution in [1.82, 2.24) is 5.32 Å². The average molecular weight is 280 g/mol. The van der Waals surface area contributed by atoms with Gasteiger partial charge >= 0.3 is 0 Å². The number of nitrogens with zero attached hydrogens (tertiary/aromatic N) is 1. The Morgan fingerprint density at radius 1 is 1.10 bits per heavy atom. The number of nitrogens with one attached hydrogen (secondary N) is 1. The van der Waals surface area contributed by atoms with Crippen LogP contribution in [0.25, 0.3) is 0 Å². The first-order chi connectivity index (χ1) is 10.2. The second-order valence-electron chi connectivity index (χ2n) is 5.21. The molecule has 3 nitrogen and oxygen atoms in total. The fourth-order valence-corrected chi connectivity index (χ4v) is 1.90. The van der Waals surface area contributed by atoms with E-state index in [2.05, 4.69) is 25.2 Å². The van der Waals surface area contributed by atoms with Crippen molar-refractivity contribution >= 4 is 0 Å². The molecule has 108 valence electrons. The van der Waals surface area contributed by atoms with Crippen LogP contribution in [0.3, 0.4) is 0 Å². The zero-order chi connectivity index (χ0) is 15.1. The standard InChI is InChI=1S/C18H20N2O/c1-14-3-9-18(10-4-14)21-13-15(2)20-12-17-7-5-16(11-19)6-8-17/h3-10,15,20H,12-13H2,1-2H3. The summed E-state index contributed by atoms with van der Waals surface area (Å²) in [6, 6.07) is 18.1. The summed E-state index contributed by atoms with van der Waals surface area (Å²) in [4.78, 5) is 0. The van der Waals surface area contributed by atoms with Crippen LogP contribution in [0.15, 0.2) is 48.5 Å². The number of aryl methyl sites for hydroxylation is 1. The molecule has 2 aromatic carbocycles. The Kier molecular flexibility index (Phi) is 5.36. The third kappa shape index (κ3) is 4.94. The quantitative estimate of drug-likeness (QED) is 0.881. The van der Waals surface area contributed by atoms with Gasteiger partial charge in [-0.05, 0) is 43.7 Å². The molecule has 0 aliphatic carbocycles. The molecule has 2 rings (SSSR count). The van der Waals surface area contributed by atoms with Crippen molar-refractivity contribution in [3.05, 3.63) is 65.2 Å². The summed E-state index contributed by atoms with van der Waals surface area (Å²) in [6.07, 6.45) is 0. The third-order valence-electron chi connectivity index (χ3n) is 3.26. The van der Waals surface area contributed by atoms with E-state index in [0.717, 1.165) is 17.9 Å². The van der Waals surface area contributed by atoms with Crippen LogP contribution in [0.5, 0.6) is 5.75 Å². The second kappa shape index (κ2) is 7.47. The van der Waals surface area contributed by atoms with E-state index in [1.807, 2.05) is 48.5 Å². The molecule has 0 saturated heterocycles. The van der Waals surface area contributed by atoms with Gasteiger partial charge in [0.2, 0.25) is 0 Å². The molecule has 1 N–H and O–H groups in total. The smallest absolute Gasteiger partial charge is 0.119 e. The molecule has 3 heteroatoms. The Labute approximate surface area is 126 Å². The molecule has 0 aliphatic heterocycles. The van der Waals surface area contributed by atoms with Gasteiger partial charge in [0.05, 0.1) is 11.6 Å². The molecule has 0 saturated carbocycles. The first-order valence-corrected chi connectivity index (χ1v) is 7.09. The highest BCUT2D eigenvalue weighted by molar-refractivity contribution is 5.31. The van der Waals surface area contributed by atoms with Crippen LogP contribution in [0.1, 0.15) is 23.6 Å². The van der Waals surface area contributed by atoms with E-state index in [1.165, 1.54) is 5.56 Å². The molecule has 2 aromatic rings. The Balaban J connectivity index is 1.75. The lowest BCUT2D eigenvalue weighted by atomic mass is 10.1. The highest BCUT2D eigenvalue weighted by Gasteiger charge is 2.03. The molecule has 0 aromatic heterocycles. The Bertz CT molecular complexity index is 597. The Morgan fingerprint density at radius 2 is 1.76 bits per heavy atom. The number of benzene rings is 2. The number of nitriles is 1. The molecule has 1 unspecified atom stereocenters. The topological polar surface area (TPSA) is 45.0 Å². The molecule has 0 amide bonds. The molecule has 0 aliphatic rings. The van der Waals surface area contributed by atoms with Crippen LogP contribution in [-0.2, 0) is 6.54 Å². The lowest BCUT2D eigenvalue weighted by molar-refractivity contribution is 0.272. The van der Waals surface area contributed by atoms with Crippen molar-refractivity contribution in [3.8, 4) is 11.8 Å². The van der Waals surface area contributed by atoms with Crippen molar-refractivity contribution in [3.63, 3.8) is 0 Å². The van der Waals surface area contributed by atoms with Crippen LogP contribution in [-0.4, -0.2) is 12.6 Å². The minimum atomic E-state index is 0.252. The summed E-state index contributed by atoms with van der Waals surface area (Å²) in [5.41, 5.74) is 3.08. The number of rotatable bonds is 6. The van der Waals surface area contributed by atoms with Crippen molar-refractivity contribution in [1.29, 1.82) is 5.26 Å². The van der Waals surface area contributed by atoms with Crippen molar-refractivity contribution < 1.29 is 4.74 Å². The van der Waals surface area contributed by atoms with Crippen molar-refractivity contribution in [2.45, 2.75) is 26.4 Å². The summed E-state index contributed by atoms with van der Waals surface area (Å²) < 4.78 is 5.74. The second-order valence-corrected chi connectivity index (χ2v) is 5.21. The highest BCUT2D eigenvalue weighted by Crippen LogP contribution is 2.11. The number of hydrogen-bond donors (Lipinski definition) is 1. The average Bonchev–Trinajstić information content (AvgIpc) is 2.53. The van der Waals surface area contributed by atoms with E-state index in [0.29, 0.717) is 12.2 Å². The molecular formula is C18H20N2O. The maximum atomic E-state index is 8.76. The van der Waals surface area contributed by atoms with Crippen LogP contribution in [0.2, 0.25) is 0 Å². The maximum absolute atomic E-state index is 8.76. The SMILES string of the molecule is Cc1ccc(OCC(C)NCc2ccc(C#N)cc2)cc1. The lowest BCUT2D eigenvalue weighted by Crippen LogP contribution is -2.31. The predicted molar refractivity (Wildman–Crippen MR) is 84.1 cm³/mol. The van der Waals surface area contributed by atoms with E-state index in [1.54, 1.807) is 0 Å². The van der Waals surface area contributed by atoms with Gasteiger partial charge < -0.3 is 10.1 Å². The maximum Gasteiger partial charge on any atom is 0.119 e. The van der Waals surface area contributed by atoms with Gasteiger partial charge in [0.25, 0.3) is 0 Å². The zero-order valence-electron chi connectivity index (χ0n) is 12.5. The number of ether oxygens (including phenoxy) is 1. The van der Waals surface area contributed by atoms with Gasteiger partial charge in [0, 0.05) is 12.6 Å². The van der Waals surface area contributed by atoms with Crippen molar-refractivity contribution in [2.24, 2.45) is 0 Å². The minimum absolute atomic E-state index is 0.252. The van der Waals surface area contributed by atoms with E-state index in [4.69, 9.17) is 10.00 Å². The van der Waals surface area contributed by atoms with Crippen LogP contribution >= 0.6 is 0 Å². The Hall–Kier alpha value is -2.31. The van der Waals surface area contributed by atoms with Crippen LogP contribution < -0.4 is 10.1 Å². The van der Waals surface area contributed by atoms with Crippen LogP contribution in [0.4, 0.5) is 0 Å². The fourth-order valence-electron chi connectivity index (χ4n) is 1.90. The van der Waals surface area contributed by atoms with E-state index in [-0.39, 0.29) is 6.04 Å². The van der Waals surface area contributed by atoms with Gasteiger partial charge in [-0.15, -0.1) is 0 Å². The van der Waals surface area contributed by atoms with E-state index >= 15 is 0 Å². The molecular weight excluding hydrogens is 260 g/mol.